The third-order valence-electron chi connectivity index (χ3n) is 5.54. The molecule has 2 amide bonds. The van der Waals surface area contributed by atoms with E-state index in [9.17, 15) is 9.59 Å². The van der Waals surface area contributed by atoms with Gasteiger partial charge in [-0.25, -0.2) is 0 Å². The van der Waals surface area contributed by atoms with Gasteiger partial charge in [0.2, 0.25) is 11.8 Å². The summed E-state index contributed by atoms with van der Waals surface area (Å²) in [6.07, 6.45) is 0.367. The normalized spacial score (nSPS) is 12.2. The fraction of sp³-hybridized carbons (Fsp3) is 0.310. The quantitative estimate of drug-likeness (QED) is 0.297. The molecular weight excluding hydrogens is 511 g/mol. The van der Waals surface area contributed by atoms with Gasteiger partial charge in [0.05, 0.1) is 5.75 Å². The molecule has 0 fully saturated rings. The SMILES string of the molecule is Cc1ccc(SCC(=O)N(Cc2c(Cl)cccc2Cl)[C@H](Cc2ccccc2)C(=O)NC(C)(C)C)cc1. The average molecular weight is 544 g/mol. The van der Waals surface area contributed by atoms with Crippen molar-refractivity contribution in [2.75, 3.05) is 5.75 Å². The number of hydrogen-bond donors (Lipinski definition) is 1. The Balaban J connectivity index is 1.97. The molecule has 0 aliphatic carbocycles. The van der Waals surface area contributed by atoms with Crippen molar-refractivity contribution in [3.63, 3.8) is 0 Å². The van der Waals surface area contributed by atoms with Gasteiger partial charge >= 0.3 is 0 Å². The monoisotopic (exact) mass is 542 g/mol. The number of halogens is 2. The number of carbonyl (C=O) groups excluding carboxylic acids is 2. The van der Waals surface area contributed by atoms with E-state index in [1.165, 1.54) is 11.8 Å². The zero-order valence-corrected chi connectivity index (χ0v) is 23.4. The summed E-state index contributed by atoms with van der Waals surface area (Å²) in [6, 6.07) is 22.2. The fourth-order valence-electron chi connectivity index (χ4n) is 3.72. The van der Waals surface area contributed by atoms with Gasteiger partial charge in [0.25, 0.3) is 0 Å². The molecule has 0 aliphatic rings. The number of thioether (sulfide) groups is 1. The highest BCUT2D eigenvalue weighted by molar-refractivity contribution is 8.00. The third-order valence-corrected chi connectivity index (χ3v) is 7.25. The highest BCUT2D eigenvalue weighted by Crippen LogP contribution is 2.28. The van der Waals surface area contributed by atoms with Crippen LogP contribution in [0.1, 0.15) is 37.5 Å². The molecule has 0 bridgehead atoms. The second kappa shape index (κ2) is 12.7. The minimum absolute atomic E-state index is 0.126. The number of aryl methyl sites for hydroxylation is 1. The topological polar surface area (TPSA) is 49.4 Å². The molecule has 0 unspecified atom stereocenters. The smallest absolute Gasteiger partial charge is 0.243 e. The Morgan fingerprint density at radius 1 is 0.917 bits per heavy atom. The van der Waals surface area contributed by atoms with Crippen molar-refractivity contribution >= 4 is 46.8 Å². The van der Waals surface area contributed by atoms with Crippen LogP contribution in [0.3, 0.4) is 0 Å². The lowest BCUT2D eigenvalue weighted by Crippen LogP contribution is -2.54. The summed E-state index contributed by atoms with van der Waals surface area (Å²) < 4.78 is 0. The summed E-state index contributed by atoms with van der Waals surface area (Å²) in [7, 11) is 0. The van der Waals surface area contributed by atoms with Crippen LogP contribution in [0.4, 0.5) is 0 Å². The predicted molar refractivity (Wildman–Crippen MR) is 151 cm³/mol. The van der Waals surface area contributed by atoms with E-state index in [1.807, 2.05) is 82.3 Å². The zero-order chi connectivity index (χ0) is 26.3. The van der Waals surface area contributed by atoms with Crippen molar-refractivity contribution in [2.24, 2.45) is 0 Å². The molecule has 4 nitrogen and oxygen atoms in total. The molecule has 190 valence electrons. The minimum Gasteiger partial charge on any atom is -0.350 e. The molecular formula is C29H32Cl2N2O2S. The minimum atomic E-state index is -0.745. The van der Waals surface area contributed by atoms with E-state index in [1.54, 1.807) is 23.1 Å². The Bertz CT molecular complexity index is 1160. The van der Waals surface area contributed by atoms with Crippen molar-refractivity contribution in [3.05, 3.63) is 99.5 Å². The van der Waals surface area contributed by atoms with Crippen LogP contribution < -0.4 is 5.32 Å². The van der Waals surface area contributed by atoms with Gasteiger partial charge in [-0.1, -0.05) is 77.3 Å². The van der Waals surface area contributed by atoms with E-state index in [-0.39, 0.29) is 24.1 Å². The van der Waals surface area contributed by atoms with Crippen LogP contribution in [0.5, 0.6) is 0 Å². The van der Waals surface area contributed by atoms with E-state index >= 15 is 0 Å². The van der Waals surface area contributed by atoms with E-state index in [2.05, 4.69) is 5.32 Å². The van der Waals surface area contributed by atoms with Crippen LogP contribution in [0.15, 0.2) is 77.7 Å². The molecule has 3 aromatic rings. The molecule has 0 spiro atoms. The molecule has 1 atom stereocenters. The van der Waals surface area contributed by atoms with Gasteiger partial charge < -0.3 is 10.2 Å². The molecule has 36 heavy (non-hydrogen) atoms. The number of nitrogens with one attached hydrogen (secondary N) is 1. The first-order chi connectivity index (χ1) is 17.0. The Hall–Kier alpha value is -2.47. The molecule has 0 saturated heterocycles. The molecule has 3 aromatic carbocycles. The maximum Gasteiger partial charge on any atom is 0.243 e. The van der Waals surface area contributed by atoms with Gasteiger partial charge in [0, 0.05) is 39.0 Å². The third kappa shape index (κ3) is 8.29. The first kappa shape index (κ1) is 28.1. The van der Waals surface area contributed by atoms with Gasteiger partial charge in [0.15, 0.2) is 0 Å². The highest BCUT2D eigenvalue weighted by atomic mass is 35.5. The standard InChI is InChI=1S/C29H32Cl2N2O2S/c1-20-13-15-22(16-14-20)36-19-27(34)33(18-23-24(30)11-8-12-25(23)31)26(28(35)32-29(2,3)4)17-21-9-6-5-7-10-21/h5-16,26H,17-19H2,1-4H3,(H,32,35)/t26-/m1/s1. The largest absolute Gasteiger partial charge is 0.350 e. The van der Waals surface area contributed by atoms with Crippen molar-refractivity contribution in [3.8, 4) is 0 Å². The Labute approximate surface area is 228 Å². The van der Waals surface area contributed by atoms with E-state index < -0.39 is 11.6 Å². The molecule has 1 N–H and O–H groups in total. The summed E-state index contributed by atoms with van der Waals surface area (Å²) in [6.45, 7) is 7.93. The van der Waals surface area contributed by atoms with Gasteiger partial charge in [-0.2, -0.15) is 0 Å². The summed E-state index contributed by atoms with van der Waals surface area (Å²) in [4.78, 5) is 30.0. The van der Waals surface area contributed by atoms with Gasteiger partial charge in [-0.05, 0) is 57.5 Å². The molecule has 0 radical (unpaired) electrons. The van der Waals surface area contributed by atoms with E-state index in [4.69, 9.17) is 23.2 Å². The number of amides is 2. The summed E-state index contributed by atoms with van der Waals surface area (Å²) >= 11 is 14.4. The number of hydrogen-bond acceptors (Lipinski definition) is 3. The predicted octanol–water partition coefficient (Wildman–Crippen LogP) is 6.95. The number of benzene rings is 3. The Morgan fingerprint density at radius 3 is 2.11 bits per heavy atom. The molecule has 3 rings (SSSR count). The molecule has 0 heterocycles. The fourth-order valence-corrected chi connectivity index (χ4v) is 5.02. The van der Waals surface area contributed by atoms with Crippen LogP contribution >= 0.6 is 35.0 Å². The lowest BCUT2D eigenvalue weighted by Gasteiger charge is -2.34. The summed E-state index contributed by atoms with van der Waals surface area (Å²) in [5.41, 5.74) is 2.28. The van der Waals surface area contributed by atoms with Crippen LogP contribution in [0.25, 0.3) is 0 Å². The lowest BCUT2D eigenvalue weighted by atomic mass is 10.0. The molecule has 0 aliphatic heterocycles. The lowest BCUT2D eigenvalue weighted by molar-refractivity contribution is -0.140. The first-order valence-electron chi connectivity index (χ1n) is 11.8. The van der Waals surface area contributed by atoms with E-state index in [0.717, 1.165) is 16.0 Å². The van der Waals surface area contributed by atoms with Gasteiger partial charge in [-0.3, -0.25) is 9.59 Å². The van der Waals surface area contributed by atoms with Gasteiger partial charge in [-0.15, -0.1) is 11.8 Å². The molecule has 0 aromatic heterocycles. The highest BCUT2D eigenvalue weighted by Gasteiger charge is 2.33. The van der Waals surface area contributed by atoms with Crippen LogP contribution in [-0.4, -0.2) is 34.0 Å². The van der Waals surface area contributed by atoms with Gasteiger partial charge in [0.1, 0.15) is 6.04 Å². The number of carbonyl (C=O) groups is 2. The zero-order valence-electron chi connectivity index (χ0n) is 21.1. The van der Waals surface area contributed by atoms with Crippen molar-refractivity contribution < 1.29 is 9.59 Å². The number of rotatable bonds is 9. The Kier molecular flexibility index (Phi) is 9.89. The molecule has 7 heteroatoms. The second-order valence-corrected chi connectivity index (χ2v) is 11.6. The Morgan fingerprint density at radius 2 is 1.53 bits per heavy atom. The maximum atomic E-state index is 13.8. The molecule has 0 saturated carbocycles. The van der Waals surface area contributed by atoms with Crippen molar-refractivity contribution in [2.45, 2.75) is 57.1 Å². The summed E-state index contributed by atoms with van der Waals surface area (Å²) in [5, 5.41) is 3.98. The van der Waals surface area contributed by atoms with Crippen molar-refractivity contribution in [1.29, 1.82) is 0 Å². The van der Waals surface area contributed by atoms with E-state index in [0.29, 0.717) is 22.0 Å². The second-order valence-electron chi connectivity index (χ2n) is 9.77. The van der Waals surface area contributed by atoms with Crippen LogP contribution in [-0.2, 0) is 22.6 Å². The maximum absolute atomic E-state index is 13.8. The first-order valence-corrected chi connectivity index (χ1v) is 13.6. The summed E-state index contributed by atoms with van der Waals surface area (Å²) in [5.74, 6) is -0.205. The number of nitrogens with zero attached hydrogens (tertiary/aromatic N) is 1. The van der Waals surface area contributed by atoms with Crippen LogP contribution in [0.2, 0.25) is 10.0 Å². The van der Waals surface area contributed by atoms with Crippen LogP contribution in [0, 0.1) is 6.92 Å². The van der Waals surface area contributed by atoms with Crippen molar-refractivity contribution in [1.82, 2.24) is 10.2 Å². The average Bonchev–Trinajstić information content (AvgIpc) is 2.82.